The van der Waals surface area contributed by atoms with Crippen molar-refractivity contribution in [3.05, 3.63) is 71.9 Å². The number of benzene rings is 2. The maximum Gasteiger partial charge on any atom is 0.326 e. The quantitative estimate of drug-likeness (QED) is 0.234. The normalized spacial score (nSPS) is 13.4. The molecule has 184 valence electrons. The van der Waals surface area contributed by atoms with E-state index in [9.17, 15) is 24.3 Å². The molecule has 0 radical (unpaired) electrons. The fraction of sp³-hybridized carbons (Fsp3) is 0.280. The van der Waals surface area contributed by atoms with Gasteiger partial charge in [-0.2, -0.15) is 0 Å². The number of carboxylic acids is 1. The van der Waals surface area contributed by atoms with Crippen LogP contribution in [0.2, 0.25) is 0 Å². The molecule has 0 saturated carbocycles. The second-order valence-corrected chi connectivity index (χ2v) is 8.28. The average molecular weight is 480 g/mol. The number of nitrogens with one attached hydrogen (secondary N) is 4. The van der Waals surface area contributed by atoms with Crippen molar-refractivity contribution in [1.29, 1.82) is 0 Å². The van der Waals surface area contributed by atoms with E-state index in [2.05, 4.69) is 20.9 Å². The van der Waals surface area contributed by atoms with Gasteiger partial charge >= 0.3 is 5.97 Å². The van der Waals surface area contributed by atoms with Crippen LogP contribution in [0.25, 0.3) is 10.9 Å². The summed E-state index contributed by atoms with van der Waals surface area (Å²) in [6.45, 7) is 1.05. The molecular formula is C25H29N5O5. The van der Waals surface area contributed by atoms with Crippen LogP contribution in [0.3, 0.4) is 0 Å². The lowest BCUT2D eigenvalue weighted by molar-refractivity contribution is -0.141. The Morgan fingerprint density at radius 2 is 1.60 bits per heavy atom. The minimum atomic E-state index is -1.19. The molecule has 7 N–H and O–H groups in total. The van der Waals surface area contributed by atoms with Crippen LogP contribution in [0, 0.1) is 0 Å². The number of amides is 3. The third-order valence-electron chi connectivity index (χ3n) is 5.48. The molecule has 0 fully saturated rings. The van der Waals surface area contributed by atoms with Crippen LogP contribution in [0.5, 0.6) is 0 Å². The van der Waals surface area contributed by atoms with Gasteiger partial charge in [0, 0.05) is 29.9 Å². The summed E-state index contributed by atoms with van der Waals surface area (Å²) < 4.78 is 0. The number of rotatable bonds is 11. The van der Waals surface area contributed by atoms with Crippen LogP contribution in [0.1, 0.15) is 18.1 Å². The molecule has 1 aromatic heterocycles. The van der Waals surface area contributed by atoms with Crippen molar-refractivity contribution in [2.75, 3.05) is 6.54 Å². The molecular weight excluding hydrogens is 450 g/mol. The summed E-state index contributed by atoms with van der Waals surface area (Å²) in [5.74, 6) is -2.94. The average Bonchev–Trinajstić information content (AvgIpc) is 3.25. The van der Waals surface area contributed by atoms with Gasteiger partial charge in [-0.1, -0.05) is 48.5 Å². The van der Waals surface area contributed by atoms with Crippen LogP contribution < -0.4 is 21.7 Å². The topological polar surface area (TPSA) is 166 Å². The van der Waals surface area contributed by atoms with Crippen molar-refractivity contribution in [1.82, 2.24) is 20.9 Å². The fourth-order valence-corrected chi connectivity index (χ4v) is 3.62. The first kappa shape index (κ1) is 25.4. The number of hydrogen-bond acceptors (Lipinski definition) is 5. The van der Waals surface area contributed by atoms with Gasteiger partial charge in [0.1, 0.15) is 12.1 Å². The third kappa shape index (κ3) is 7.15. The zero-order valence-corrected chi connectivity index (χ0v) is 19.3. The van der Waals surface area contributed by atoms with E-state index in [-0.39, 0.29) is 12.8 Å². The molecule has 35 heavy (non-hydrogen) atoms. The molecule has 0 aliphatic heterocycles. The Bertz CT molecular complexity index is 1190. The minimum Gasteiger partial charge on any atom is -0.480 e. The molecule has 0 aliphatic rings. The molecule has 3 unspecified atom stereocenters. The summed E-state index contributed by atoms with van der Waals surface area (Å²) >= 11 is 0. The Hall–Kier alpha value is -4.18. The predicted molar refractivity (Wildman–Crippen MR) is 130 cm³/mol. The predicted octanol–water partition coefficient (Wildman–Crippen LogP) is 0.471. The molecule has 0 spiro atoms. The second-order valence-electron chi connectivity index (χ2n) is 8.28. The van der Waals surface area contributed by atoms with Crippen molar-refractivity contribution >= 4 is 34.6 Å². The summed E-state index contributed by atoms with van der Waals surface area (Å²) in [4.78, 5) is 52.2. The van der Waals surface area contributed by atoms with Gasteiger partial charge in [-0.3, -0.25) is 14.4 Å². The Morgan fingerprint density at radius 1 is 0.914 bits per heavy atom. The molecule has 0 aliphatic carbocycles. The van der Waals surface area contributed by atoms with Crippen molar-refractivity contribution in [2.45, 2.75) is 37.9 Å². The molecule has 0 saturated heterocycles. The lowest BCUT2D eigenvalue weighted by Gasteiger charge is -2.20. The Balaban J connectivity index is 1.60. The van der Waals surface area contributed by atoms with Crippen molar-refractivity contribution < 1.29 is 24.3 Å². The number of hydrogen-bond donors (Lipinski definition) is 6. The summed E-state index contributed by atoms with van der Waals surface area (Å²) in [7, 11) is 0. The number of carbonyl (C=O) groups is 4. The molecule has 3 amide bonds. The van der Waals surface area contributed by atoms with E-state index in [0.29, 0.717) is 0 Å². The number of aliphatic carboxylic acids is 1. The number of carbonyl (C=O) groups excluding carboxylic acids is 3. The number of aromatic nitrogens is 1. The van der Waals surface area contributed by atoms with Gasteiger partial charge in [0.25, 0.3) is 0 Å². The smallest absolute Gasteiger partial charge is 0.326 e. The number of nitrogens with two attached hydrogens (primary N) is 1. The number of aromatic amines is 1. The van der Waals surface area contributed by atoms with Crippen molar-refractivity contribution in [3.8, 4) is 0 Å². The van der Waals surface area contributed by atoms with Gasteiger partial charge in [-0.25, -0.2) is 4.79 Å². The van der Waals surface area contributed by atoms with Gasteiger partial charge in [0.2, 0.25) is 17.7 Å². The van der Waals surface area contributed by atoms with E-state index in [1.165, 1.54) is 6.92 Å². The van der Waals surface area contributed by atoms with E-state index in [4.69, 9.17) is 5.73 Å². The summed E-state index contributed by atoms with van der Waals surface area (Å²) in [6, 6.07) is 13.6. The number of H-pyrrole nitrogens is 1. The lowest BCUT2D eigenvalue weighted by Crippen LogP contribution is -2.54. The fourth-order valence-electron chi connectivity index (χ4n) is 3.62. The Morgan fingerprint density at radius 3 is 2.29 bits per heavy atom. The largest absolute Gasteiger partial charge is 0.480 e. The van der Waals surface area contributed by atoms with Crippen LogP contribution in [0.4, 0.5) is 0 Å². The van der Waals surface area contributed by atoms with E-state index in [0.717, 1.165) is 22.0 Å². The van der Waals surface area contributed by atoms with Crippen LogP contribution in [0.15, 0.2) is 60.8 Å². The number of para-hydroxylation sites is 1. The van der Waals surface area contributed by atoms with E-state index in [1.54, 1.807) is 6.20 Å². The highest BCUT2D eigenvalue weighted by molar-refractivity contribution is 5.93. The van der Waals surface area contributed by atoms with Crippen LogP contribution in [-0.4, -0.2) is 58.5 Å². The first-order chi connectivity index (χ1) is 16.7. The maximum absolute atomic E-state index is 12.8. The van der Waals surface area contributed by atoms with Gasteiger partial charge in [-0.05, 0) is 24.1 Å². The van der Waals surface area contributed by atoms with Crippen LogP contribution in [-0.2, 0) is 32.0 Å². The first-order valence-corrected chi connectivity index (χ1v) is 11.2. The standard InChI is InChI=1S/C25H29N5O5/c1-15(26)23(32)30-20(11-16-7-3-2-4-8-16)24(33)28-14-22(31)29-21(25(34)35)12-17-13-27-19-10-6-5-9-18(17)19/h2-10,13,15,20-21,27H,11-12,14,26H2,1H3,(H,28,33)(H,29,31)(H,30,32)(H,34,35). The maximum atomic E-state index is 12.8. The highest BCUT2D eigenvalue weighted by atomic mass is 16.4. The monoisotopic (exact) mass is 479 g/mol. The number of fused-ring (bicyclic) bond motifs is 1. The Labute approximate surface area is 202 Å². The van der Waals surface area contributed by atoms with Gasteiger partial charge in [0.05, 0.1) is 12.6 Å². The molecule has 10 heteroatoms. The van der Waals surface area contributed by atoms with Crippen LogP contribution >= 0.6 is 0 Å². The number of carboxylic acid groups (broad SMARTS) is 1. The highest BCUT2D eigenvalue weighted by Gasteiger charge is 2.25. The third-order valence-corrected chi connectivity index (χ3v) is 5.48. The second kappa shape index (κ2) is 11.8. The first-order valence-electron chi connectivity index (χ1n) is 11.2. The summed E-state index contributed by atoms with van der Waals surface area (Å²) in [5, 5.41) is 18.0. The zero-order chi connectivity index (χ0) is 25.4. The van der Waals surface area contributed by atoms with Crippen molar-refractivity contribution in [3.63, 3.8) is 0 Å². The minimum absolute atomic E-state index is 0.0696. The molecule has 3 aromatic rings. The zero-order valence-electron chi connectivity index (χ0n) is 19.3. The van der Waals surface area contributed by atoms with Gasteiger partial charge in [0.15, 0.2) is 0 Å². The van der Waals surface area contributed by atoms with E-state index < -0.39 is 48.4 Å². The van der Waals surface area contributed by atoms with Gasteiger partial charge < -0.3 is 31.8 Å². The lowest BCUT2D eigenvalue weighted by atomic mass is 10.0. The van der Waals surface area contributed by atoms with Gasteiger partial charge in [-0.15, -0.1) is 0 Å². The molecule has 2 aromatic carbocycles. The highest BCUT2D eigenvalue weighted by Crippen LogP contribution is 2.19. The Kier molecular flexibility index (Phi) is 8.58. The van der Waals surface area contributed by atoms with E-state index in [1.807, 2.05) is 54.6 Å². The molecule has 10 nitrogen and oxygen atoms in total. The van der Waals surface area contributed by atoms with Crippen molar-refractivity contribution in [2.24, 2.45) is 5.73 Å². The summed E-state index contributed by atoms with van der Waals surface area (Å²) in [5.41, 5.74) is 8.03. The molecule has 0 bridgehead atoms. The summed E-state index contributed by atoms with van der Waals surface area (Å²) in [6.07, 6.45) is 1.98. The molecule has 3 rings (SSSR count). The van der Waals surface area contributed by atoms with E-state index >= 15 is 0 Å². The molecule has 1 heterocycles. The SMILES string of the molecule is CC(N)C(=O)NC(Cc1ccccc1)C(=O)NCC(=O)NC(Cc1c[nH]c2ccccc12)C(=O)O. The molecule has 3 atom stereocenters.